The van der Waals surface area contributed by atoms with E-state index >= 15 is 0 Å². The molecule has 1 aromatic rings. The van der Waals surface area contributed by atoms with Gasteiger partial charge in [0.25, 0.3) is 0 Å². The smallest absolute Gasteiger partial charge is 0.0596 e. The molecule has 1 aromatic carbocycles. The Labute approximate surface area is 97.3 Å². The van der Waals surface area contributed by atoms with E-state index in [1.165, 1.54) is 5.56 Å². The van der Waals surface area contributed by atoms with E-state index in [9.17, 15) is 5.11 Å². The highest BCUT2D eigenvalue weighted by Gasteiger charge is 2.42. The van der Waals surface area contributed by atoms with Crippen LogP contribution in [0.5, 0.6) is 0 Å². The van der Waals surface area contributed by atoms with E-state index < -0.39 is 0 Å². The third-order valence-corrected chi connectivity index (χ3v) is 3.32. The van der Waals surface area contributed by atoms with Crippen molar-refractivity contribution in [2.75, 3.05) is 13.2 Å². The lowest BCUT2D eigenvalue weighted by Crippen LogP contribution is -2.13. The first-order chi connectivity index (χ1) is 7.83. The van der Waals surface area contributed by atoms with Gasteiger partial charge in [-0.05, 0) is 37.2 Å². The topological polar surface area (TPSA) is 29.5 Å². The zero-order valence-corrected chi connectivity index (χ0v) is 9.80. The summed E-state index contributed by atoms with van der Waals surface area (Å²) in [5.74, 6) is 1.01. The van der Waals surface area contributed by atoms with Crippen LogP contribution in [0.3, 0.4) is 0 Å². The maximum Gasteiger partial charge on any atom is 0.0596 e. The van der Waals surface area contributed by atoms with Crippen molar-refractivity contribution in [3.05, 3.63) is 35.9 Å². The van der Waals surface area contributed by atoms with E-state index in [0.29, 0.717) is 18.4 Å². The van der Waals surface area contributed by atoms with Crippen LogP contribution in [-0.2, 0) is 4.74 Å². The van der Waals surface area contributed by atoms with Gasteiger partial charge in [-0.25, -0.2) is 0 Å². The fourth-order valence-corrected chi connectivity index (χ4v) is 2.29. The number of aliphatic hydroxyl groups excluding tert-OH is 1. The predicted molar refractivity (Wildman–Crippen MR) is 64.4 cm³/mol. The fourth-order valence-electron chi connectivity index (χ4n) is 2.29. The third kappa shape index (κ3) is 2.83. The molecule has 0 heterocycles. The van der Waals surface area contributed by atoms with Crippen LogP contribution in [0.2, 0.25) is 0 Å². The number of benzene rings is 1. The third-order valence-electron chi connectivity index (χ3n) is 3.32. The average Bonchev–Trinajstić information content (AvgIpc) is 3.10. The summed E-state index contributed by atoms with van der Waals surface area (Å²) < 4.78 is 5.26. The maximum absolute atomic E-state index is 9.97. The summed E-state index contributed by atoms with van der Waals surface area (Å²) in [6, 6.07) is 10.5. The largest absolute Gasteiger partial charge is 0.393 e. The minimum atomic E-state index is -0.197. The fraction of sp³-hybridized carbons (Fsp3) is 0.571. The molecule has 88 valence electrons. The molecule has 0 saturated heterocycles. The molecule has 16 heavy (non-hydrogen) atoms. The second-order valence-electron chi connectivity index (χ2n) is 4.47. The van der Waals surface area contributed by atoms with Gasteiger partial charge in [-0.15, -0.1) is 0 Å². The van der Waals surface area contributed by atoms with Crippen LogP contribution in [0.1, 0.15) is 31.2 Å². The highest BCUT2D eigenvalue weighted by Crippen LogP contribution is 2.50. The van der Waals surface area contributed by atoms with E-state index in [1.807, 2.05) is 13.0 Å². The molecule has 2 heteroatoms. The first-order valence-electron chi connectivity index (χ1n) is 6.13. The Kier molecular flexibility index (Phi) is 3.97. The Morgan fingerprint density at radius 3 is 2.81 bits per heavy atom. The summed E-state index contributed by atoms with van der Waals surface area (Å²) in [5, 5.41) is 9.97. The van der Waals surface area contributed by atoms with Gasteiger partial charge in [0.2, 0.25) is 0 Å². The number of hydrogen-bond acceptors (Lipinski definition) is 2. The normalized spacial score (nSPS) is 25.4. The SMILES string of the molecule is CCOCCC(O)C1CC1c1ccccc1. The molecule has 0 spiro atoms. The molecule has 3 unspecified atom stereocenters. The first kappa shape index (κ1) is 11.6. The molecule has 1 aliphatic rings. The minimum absolute atomic E-state index is 0.197. The van der Waals surface area contributed by atoms with Crippen molar-refractivity contribution in [1.82, 2.24) is 0 Å². The number of aliphatic hydroxyl groups is 1. The van der Waals surface area contributed by atoms with Crippen LogP contribution in [0.4, 0.5) is 0 Å². The number of hydrogen-bond donors (Lipinski definition) is 1. The van der Waals surface area contributed by atoms with Gasteiger partial charge in [-0.3, -0.25) is 0 Å². The molecule has 0 radical (unpaired) electrons. The monoisotopic (exact) mass is 220 g/mol. The molecule has 2 nitrogen and oxygen atoms in total. The van der Waals surface area contributed by atoms with Crippen LogP contribution in [-0.4, -0.2) is 24.4 Å². The second kappa shape index (κ2) is 5.46. The Morgan fingerprint density at radius 1 is 1.38 bits per heavy atom. The molecule has 0 amide bonds. The predicted octanol–water partition coefficient (Wildman–Crippen LogP) is 2.58. The lowest BCUT2D eigenvalue weighted by Gasteiger charge is -2.10. The highest BCUT2D eigenvalue weighted by atomic mass is 16.5. The van der Waals surface area contributed by atoms with Gasteiger partial charge in [0.1, 0.15) is 0 Å². The first-order valence-corrected chi connectivity index (χ1v) is 6.13. The standard InChI is InChI=1S/C14H20O2/c1-2-16-9-8-14(15)13-10-12(13)11-6-4-3-5-7-11/h3-7,12-15H,2,8-10H2,1H3. The Morgan fingerprint density at radius 2 is 2.12 bits per heavy atom. The van der Waals surface area contributed by atoms with Gasteiger partial charge in [-0.1, -0.05) is 30.3 Å². The summed E-state index contributed by atoms with van der Waals surface area (Å²) in [4.78, 5) is 0. The van der Waals surface area contributed by atoms with Crippen LogP contribution in [0.15, 0.2) is 30.3 Å². The van der Waals surface area contributed by atoms with Gasteiger partial charge in [0.05, 0.1) is 6.10 Å². The Balaban J connectivity index is 1.78. The Bertz CT molecular complexity index is 310. The highest BCUT2D eigenvalue weighted by molar-refractivity contribution is 5.26. The zero-order valence-electron chi connectivity index (χ0n) is 9.80. The molecule has 1 aliphatic carbocycles. The van der Waals surface area contributed by atoms with E-state index in [4.69, 9.17) is 4.74 Å². The van der Waals surface area contributed by atoms with Crippen LogP contribution in [0, 0.1) is 5.92 Å². The number of rotatable bonds is 6. The summed E-state index contributed by atoms with van der Waals surface area (Å²) in [6.07, 6.45) is 1.69. The molecular weight excluding hydrogens is 200 g/mol. The number of ether oxygens (including phenoxy) is 1. The van der Waals surface area contributed by atoms with Crippen molar-refractivity contribution in [2.45, 2.75) is 31.8 Å². The van der Waals surface area contributed by atoms with Crippen LogP contribution < -0.4 is 0 Å². The molecule has 2 rings (SSSR count). The van der Waals surface area contributed by atoms with Crippen LogP contribution in [0.25, 0.3) is 0 Å². The summed E-state index contributed by atoms with van der Waals surface area (Å²) in [5.41, 5.74) is 1.36. The van der Waals surface area contributed by atoms with Gasteiger partial charge in [-0.2, -0.15) is 0 Å². The molecule has 1 fully saturated rings. The van der Waals surface area contributed by atoms with Crippen molar-refractivity contribution in [3.63, 3.8) is 0 Å². The van der Waals surface area contributed by atoms with Gasteiger partial charge in [0, 0.05) is 13.2 Å². The zero-order chi connectivity index (χ0) is 11.4. The lowest BCUT2D eigenvalue weighted by molar-refractivity contribution is 0.0765. The molecule has 0 bridgehead atoms. The summed E-state index contributed by atoms with van der Waals surface area (Å²) in [7, 11) is 0. The van der Waals surface area contributed by atoms with E-state index in [2.05, 4.69) is 24.3 Å². The second-order valence-corrected chi connectivity index (χ2v) is 4.47. The van der Waals surface area contributed by atoms with Crippen molar-refractivity contribution < 1.29 is 9.84 Å². The Hall–Kier alpha value is -0.860. The van der Waals surface area contributed by atoms with Crippen molar-refractivity contribution in [3.8, 4) is 0 Å². The molecular formula is C14H20O2. The van der Waals surface area contributed by atoms with E-state index in [0.717, 1.165) is 19.4 Å². The lowest BCUT2D eigenvalue weighted by atomic mass is 10.1. The van der Waals surface area contributed by atoms with Crippen molar-refractivity contribution in [2.24, 2.45) is 5.92 Å². The molecule has 0 aliphatic heterocycles. The van der Waals surface area contributed by atoms with Gasteiger partial charge >= 0.3 is 0 Å². The van der Waals surface area contributed by atoms with Crippen molar-refractivity contribution >= 4 is 0 Å². The molecule has 1 N–H and O–H groups in total. The summed E-state index contributed by atoms with van der Waals surface area (Å²) in [6.45, 7) is 3.39. The van der Waals surface area contributed by atoms with Gasteiger partial charge in [0.15, 0.2) is 0 Å². The van der Waals surface area contributed by atoms with E-state index in [1.54, 1.807) is 0 Å². The van der Waals surface area contributed by atoms with Gasteiger partial charge < -0.3 is 9.84 Å². The maximum atomic E-state index is 9.97. The molecule has 1 saturated carbocycles. The van der Waals surface area contributed by atoms with Crippen molar-refractivity contribution in [1.29, 1.82) is 0 Å². The summed E-state index contributed by atoms with van der Waals surface area (Å²) >= 11 is 0. The molecule has 0 aromatic heterocycles. The molecule has 3 atom stereocenters. The van der Waals surface area contributed by atoms with Crippen LogP contribution >= 0.6 is 0 Å². The average molecular weight is 220 g/mol. The minimum Gasteiger partial charge on any atom is -0.393 e. The quantitative estimate of drug-likeness (QED) is 0.747. The van der Waals surface area contributed by atoms with E-state index in [-0.39, 0.29) is 6.10 Å².